The van der Waals surface area contributed by atoms with Crippen LogP contribution in [0.15, 0.2) is 29.4 Å². The van der Waals surface area contributed by atoms with E-state index < -0.39 is 0 Å². The monoisotopic (exact) mass is 246 g/mol. The molecule has 0 unspecified atom stereocenters. The van der Waals surface area contributed by atoms with Gasteiger partial charge in [-0.15, -0.1) is 0 Å². The molecule has 18 heavy (non-hydrogen) atoms. The highest BCUT2D eigenvalue weighted by atomic mass is 16.2. The predicted molar refractivity (Wildman–Crippen MR) is 76.0 cm³/mol. The third-order valence-corrected chi connectivity index (χ3v) is 2.69. The van der Waals surface area contributed by atoms with Crippen molar-refractivity contribution in [3.05, 3.63) is 35.4 Å². The van der Waals surface area contributed by atoms with Gasteiger partial charge in [-0.2, -0.15) is 5.10 Å². The van der Waals surface area contributed by atoms with Crippen molar-refractivity contribution in [2.75, 3.05) is 0 Å². The first-order valence-electron chi connectivity index (χ1n) is 6.37. The molecule has 0 radical (unpaired) electrons. The number of nitrogens with zero attached hydrogens (tertiary/aromatic N) is 1. The first-order chi connectivity index (χ1) is 8.45. The summed E-state index contributed by atoms with van der Waals surface area (Å²) in [5.74, 6) is -0.164. The maximum atomic E-state index is 11.7. The smallest absolute Gasteiger partial charge is 0.267 e. The second-order valence-electron chi connectivity index (χ2n) is 5.37. The van der Waals surface area contributed by atoms with E-state index in [0.29, 0.717) is 5.56 Å². The molecule has 0 saturated carbocycles. The van der Waals surface area contributed by atoms with Crippen LogP contribution in [0.25, 0.3) is 0 Å². The second-order valence-corrected chi connectivity index (χ2v) is 5.37. The fraction of sp³-hybridized carbons (Fsp3) is 0.467. The van der Waals surface area contributed by atoms with Crippen LogP contribution in [0.5, 0.6) is 0 Å². The Hall–Kier alpha value is -1.64. The van der Waals surface area contributed by atoms with E-state index in [9.17, 15) is 4.79 Å². The Morgan fingerprint density at radius 2 is 1.89 bits per heavy atom. The average molecular weight is 246 g/mol. The number of hydrogen-bond acceptors (Lipinski definition) is 2. The van der Waals surface area contributed by atoms with Gasteiger partial charge < -0.3 is 0 Å². The van der Waals surface area contributed by atoms with Crippen molar-refractivity contribution < 1.29 is 4.79 Å². The number of unbranched alkanes of at least 4 members (excludes halogenated alkanes) is 1. The summed E-state index contributed by atoms with van der Waals surface area (Å²) in [6.45, 7) is 8.52. The maximum absolute atomic E-state index is 11.7. The number of benzene rings is 1. The van der Waals surface area contributed by atoms with Crippen molar-refractivity contribution in [1.82, 2.24) is 5.43 Å². The second kappa shape index (κ2) is 6.34. The first kappa shape index (κ1) is 14.4. The SMILES string of the molecule is CCCC=NNC(=O)c1ccc(C(C)(C)C)cc1. The zero-order chi connectivity index (χ0) is 13.6. The van der Waals surface area contributed by atoms with Crippen LogP contribution in [0.3, 0.4) is 0 Å². The summed E-state index contributed by atoms with van der Waals surface area (Å²) in [4.78, 5) is 11.7. The lowest BCUT2D eigenvalue weighted by molar-refractivity contribution is 0.0955. The number of hydrogen-bond donors (Lipinski definition) is 1. The Labute approximate surface area is 109 Å². The summed E-state index contributed by atoms with van der Waals surface area (Å²) in [6, 6.07) is 7.66. The van der Waals surface area contributed by atoms with Crippen LogP contribution >= 0.6 is 0 Å². The van der Waals surface area contributed by atoms with Gasteiger partial charge in [0.1, 0.15) is 0 Å². The number of carbonyl (C=O) groups is 1. The zero-order valence-corrected chi connectivity index (χ0v) is 11.7. The van der Waals surface area contributed by atoms with Crippen LogP contribution in [0.4, 0.5) is 0 Å². The lowest BCUT2D eigenvalue weighted by Crippen LogP contribution is -2.18. The number of rotatable bonds is 4. The molecule has 98 valence electrons. The highest BCUT2D eigenvalue weighted by Gasteiger charge is 2.13. The van der Waals surface area contributed by atoms with Crippen molar-refractivity contribution in [2.45, 2.75) is 46.0 Å². The third kappa shape index (κ3) is 4.32. The van der Waals surface area contributed by atoms with E-state index in [4.69, 9.17) is 0 Å². The van der Waals surface area contributed by atoms with Gasteiger partial charge in [0.2, 0.25) is 0 Å². The molecule has 3 heteroatoms. The van der Waals surface area contributed by atoms with Gasteiger partial charge in [-0.3, -0.25) is 4.79 Å². The van der Waals surface area contributed by atoms with E-state index in [1.54, 1.807) is 6.21 Å². The molecule has 1 aromatic rings. The van der Waals surface area contributed by atoms with Crippen LogP contribution in [-0.2, 0) is 5.41 Å². The van der Waals surface area contributed by atoms with Crippen molar-refractivity contribution in [1.29, 1.82) is 0 Å². The Bertz CT molecular complexity index is 413. The highest BCUT2D eigenvalue weighted by molar-refractivity contribution is 5.94. The van der Waals surface area contributed by atoms with Gasteiger partial charge in [-0.25, -0.2) is 5.43 Å². The van der Waals surface area contributed by atoms with Crippen LogP contribution in [0, 0.1) is 0 Å². The molecule has 1 rings (SSSR count). The van der Waals surface area contributed by atoms with Gasteiger partial charge in [0.25, 0.3) is 5.91 Å². The fourth-order valence-electron chi connectivity index (χ4n) is 1.48. The molecular weight excluding hydrogens is 224 g/mol. The van der Waals surface area contributed by atoms with Gasteiger partial charge in [0.15, 0.2) is 0 Å². The minimum atomic E-state index is -0.164. The van der Waals surface area contributed by atoms with E-state index in [1.165, 1.54) is 5.56 Å². The quantitative estimate of drug-likeness (QED) is 0.641. The molecular formula is C15H22N2O. The zero-order valence-electron chi connectivity index (χ0n) is 11.7. The summed E-state index contributed by atoms with van der Waals surface area (Å²) in [7, 11) is 0. The van der Waals surface area contributed by atoms with Crippen LogP contribution in [0.1, 0.15) is 56.5 Å². The molecule has 1 aromatic carbocycles. The molecule has 0 aliphatic heterocycles. The molecule has 1 N–H and O–H groups in total. The first-order valence-corrected chi connectivity index (χ1v) is 6.37. The molecule has 1 amide bonds. The number of nitrogens with one attached hydrogen (secondary N) is 1. The van der Waals surface area contributed by atoms with E-state index >= 15 is 0 Å². The van der Waals surface area contributed by atoms with Gasteiger partial charge in [-0.1, -0.05) is 46.2 Å². The predicted octanol–water partition coefficient (Wildman–Crippen LogP) is 3.50. The minimum absolute atomic E-state index is 0.105. The molecule has 0 aliphatic carbocycles. The molecule has 0 fully saturated rings. The summed E-state index contributed by atoms with van der Waals surface area (Å²) in [5, 5.41) is 3.88. The molecule has 0 heterocycles. The Morgan fingerprint density at radius 3 is 2.39 bits per heavy atom. The van der Waals surface area contributed by atoms with E-state index in [0.717, 1.165) is 12.8 Å². The highest BCUT2D eigenvalue weighted by Crippen LogP contribution is 2.22. The molecule has 0 spiro atoms. The van der Waals surface area contributed by atoms with Crippen molar-refractivity contribution in [3.63, 3.8) is 0 Å². The Morgan fingerprint density at radius 1 is 1.28 bits per heavy atom. The molecule has 0 aromatic heterocycles. The van der Waals surface area contributed by atoms with E-state index in [1.807, 2.05) is 24.3 Å². The van der Waals surface area contributed by atoms with Crippen molar-refractivity contribution >= 4 is 12.1 Å². The number of hydrazone groups is 1. The third-order valence-electron chi connectivity index (χ3n) is 2.69. The largest absolute Gasteiger partial charge is 0.271 e. The normalized spacial score (nSPS) is 11.8. The van der Waals surface area contributed by atoms with Crippen molar-refractivity contribution in [2.24, 2.45) is 5.10 Å². The van der Waals surface area contributed by atoms with Crippen LogP contribution in [0.2, 0.25) is 0 Å². The standard InChI is InChI=1S/C15H22N2O/c1-5-6-11-16-17-14(18)12-7-9-13(10-8-12)15(2,3)4/h7-11H,5-6H2,1-4H3,(H,17,18). The lowest BCUT2D eigenvalue weighted by atomic mass is 9.87. The number of carbonyl (C=O) groups excluding carboxylic acids is 1. The van der Waals surface area contributed by atoms with E-state index in [2.05, 4.69) is 38.2 Å². The topological polar surface area (TPSA) is 41.5 Å². The van der Waals surface area contributed by atoms with Gasteiger partial charge in [0.05, 0.1) is 0 Å². The van der Waals surface area contributed by atoms with Gasteiger partial charge in [0, 0.05) is 11.8 Å². The maximum Gasteiger partial charge on any atom is 0.271 e. The van der Waals surface area contributed by atoms with E-state index in [-0.39, 0.29) is 11.3 Å². The molecule has 0 atom stereocenters. The molecule has 0 saturated heterocycles. The van der Waals surface area contributed by atoms with Gasteiger partial charge in [-0.05, 0) is 29.5 Å². The van der Waals surface area contributed by atoms with Crippen molar-refractivity contribution in [3.8, 4) is 0 Å². The lowest BCUT2D eigenvalue weighted by Gasteiger charge is -2.18. The fourth-order valence-corrected chi connectivity index (χ4v) is 1.48. The summed E-state index contributed by atoms with van der Waals surface area (Å²) in [6.07, 6.45) is 3.63. The molecule has 3 nitrogen and oxygen atoms in total. The van der Waals surface area contributed by atoms with Crippen LogP contribution in [-0.4, -0.2) is 12.1 Å². The number of amides is 1. The minimum Gasteiger partial charge on any atom is -0.267 e. The summed E-state index contributed by atoms with van der Waals surface area (Å²) < 4.78 is 0. The van der Waals surface area contributed by atoms with Crippen LogP contribution < -0.4 is 5.43 Å². The average Bonchev–Trinajstić information content (AvgIpc) is 2.33. The Balaban J connectivity index is 2.65. The Kier molecular flexibility index (Phi) is 5.08. The summed E-state index contributed by atoms with van der Waals surface area (Å²) in [5.41, 5.74) is 4.48. The van der Waals surface area contributed by atoms with Gasteiger partial charge >= 0.3 is 0 Å². The molecule has 0 aliphatic rings. The summed E-state index contributed by atoms with van der Waals surface area (Å²) >= 11 is 0. The molecule has 0 bridgehead atoms.